The Morgan fingerprint density at radius 1 is 1.43 bits per heavy atom. The van der Waals surface area contributed by atoms with Crippen LogP contribution in [0.3, 0.4) is 0 Å². The Morgan fingerprint density at radius 2 is 2.35 bits per heavy atom. The number of thioether (sulfide) groups is 1. The van der Waals surface area contributed by atoms with Gasteiger partial charge in [-0.3, -0.25) is 9.78 Å². The summed E-state index contributed by atoms with van der Waals surface area (Å²) in [5, 5.41) is 16.6. The van der Waals surface area contributed by atoms with Crippen molar-refractivity contribution in [1.29, 1.82) is 0 Å². The minimum atomic E-state index is -0.0699. The molecule has 0 saturated heterocycles. The zero-order chi connectivity index (χ0) is 16.1. The van der Waals surface area contributed by atoms with Crippen LogP contribution in [-0.2, 0) is 18.4 Å². The first kappa shape index (κ1) is 15.6. The average molecular weight is 346 g/mol. The lowest BCUT2D eigenvalue weighted by Crippen LogP contribution is -2.24. The van der Waals surface area contributed by atoms with E-state index >= 15 is 0 Å². The molecule has 3 heterocycles. The van der Waals surface area contributed by atoms with Gasteiger partial charge in [-0.15, -0.1) is 16.4 Å². The minimum Gasteiger partial charge on any atom is -0.351 e. The van der Waals surface area contributed by atoms with Crippen LogP contribution < -0.4 is 5.32 Å². The fourth-order valence-corrected chi connectivity index (χ4v) is 3.28. The summed E-state index contributed by atoms with van der Waals surface area (Å²) in [6.45, 7) is 0.447. The number of hydrogen-bond acceptors (Lipinski definition) is 7. The molecular formula is C14H14N6OS2. The molecule has 0 aromatic carbocycles. The molecule has 1 amide bonds. The number of tetrazole rings is 1. The van der Waals surface area contributed by atoms with Gasteiger partial charge in [-0.05, 0) is 33.5 Å². The Balaban J connectivity index is 1.53. The quantitative estimate of drug-likeness (QED) is 0.684. The van der Waals surface area contributed by atoms with Crippen LogP contribution in [0.2, 0.25) is 0 Å². The molecule has 0 aliphatic heterocycles. The molecule has 9 heteroatoms. The summed E-state index contributed by atoms with van der Waals surface area (Å²) in [5.74, 6) is 0.200. The number of thiophene rings is 1. The van der Waals surface area contributed by atoms with E-state index < -0.39 is 0 Å². The van der Waals surface area contributed by atoms with Gasteiger partial charge in [0, 0.05) is 36.4 Å². The lowest BCUT2D eigenvalue weighted by molar-refractivity contribution is -0.118. The number of amides is 1. The first-order chi connectivity index (χ1) is 11.2. The molecule has 0 aliphatic carbocycles. The lowest BCUT2D eigenvalue weighted by Gasteiger charge is -2.06. The van der Waals surface area contributed by atoms with Gasteiger partial charge in [-0.2, -0.15) is 0 Å². The molecule has 0 spiro atoms. The van der Waals surface area contributed by atoms with Crippen LogP contribution in [0, 0.1) is 0 Å². The van der Waals surface area contributed by atoms with Gasteiger partial charge in [0.15, 0.2) is 0 Å². The number of nitrogens with zero attached hydrogens (tertiary/aromatic N) is 5. The van der Waals surface area contributed by atoms with Crippen molar-refractivity contribution in [3.8, 4) is 10.4 Å². The van der Waals surface area contributed by atoms with Crippen LogP contribution in [0.15, 0.2) is 41.1 Å². The van der Waals surface area contributed by atoms with E-state index in [1.54, 1.807) is 24.6 Å². The first-order valence-corrected chi connectivity index (χ1v) is 8.68. The fraction of sp³-hybridized carbons (Fsp3) is 0.214. The molecule has 0 saturated carbocycles. The maximum absolute atomic E-state index is 11.9. The number of aryl methyl sites for hydroxylation is 1. The SMILES string of the molecule is Cn1nnnc1SCC(=O)NCc1cncc(-c2cccs2)c1. The van der Waals surface area contributed by atoms with Gasteiger partial charge in [-0.25, -0.2) is 4.68 Å². The van der Waals surface area contributed by atoms with Gasteiger partial charge in [0.25, 0.3) is 0 Å². The minimum absolute atomic E-state index is 0.0699. The third-order valence-corrected chi connectivity index (χ3v) is 4.93. The zero-order valence-electron chi connectivity index (χ0n) is 12.3. The van der Waals surface area contributed by atoms with E-state index in [0.29, 0.717) is 11.7 Å². The third kappa shape index (κ3) is 4.14. The maximum Gasteiger partial charge on any atom is 0.230 e. The highest BCUT2D eigenvalue weighted by atomic mass is 32.2. The largest absolute Gasteiger partial charge is 0.351 e. The van der Waals surface area contributed by atoms with Gasteiger partial charge in [0.1, 0.15) is 0 Å². The summed E-state index contributed by atoms with van der Waals surface area (Å²) in [7, 11) is 1.74. The molecule has 0 unspecified atom stereocenters. The van der Waals surface area contributed by atoms with Gasteiger partial charge in [0.2, 0.25) is 11.1 Å². The van der Waals surface area contributed by atoms with E-state index in [0.717, 1.165) is 16.0 Å². The summed E-state index contributed by atoms with van der Waals surface area (Å²) >= 11 is 2.96. The van der Waals surface area contributed by atoms with Crippen molar-refractivity contribution < 1.29 is 4.79 Å². The Labute approximate surface area is 141 Å². The van der Waals surface area contributed by atoms with Crippen molar-refractivity contribution >= 4 is 29.0 Å². The molecule has 0 atom stereocenters. The van der Waals surface area contributed by atoms with Crippen molar-refractivity contribution in [3.05, 3.63) is 41.5 Å². The molecule has 118 valence electrons. The highest BCUT2D eigenvalue weighted by Crippen LogP contribution is 2.24. The van der Waals surface area contributed by atoms with E-state index in [1.807, 2.05) is 23.7 Å². The molecular weight excluding hydrogens is 332 g/mol. The van der Waals surface area contributed by atoms with Crippen molar-refractivity contribution in [2.45, 2.75) is 11.7 Å². The van der Waals surface area contributed by atoms with Crippen LogP contribution in [0.25, 0.3) is 10.4 Å². The molecule has 7 nitrogen and oxygen atoms in total. The van der Waals surface area contributed by atoms with Crippen molar-refractivity contribution in [3.63, 3.8) is 0 Å². The standard InChI is InChI=1S/C14H14N6OS2/c1-20-14(17-18-19-20)23-9-13(21)16-7-10-5-11(8-15-6-10)12-3-2-4-22-12/h2-6,8H,7,9H2,1H3,(H,16,21). The van der Waals surface area contributed by atoms with Gasteiger partial charge in [-0.1, -0.05) is 17.8 Å². The Kier molecular flexibility index (Phi) is 4.99. The van der Waals surface area contributed by atoms with E-state index in [9.17, 15) is 4.79 Å². The predicted molar refractivity (Wildman–Crippen MR) is 88.9 cm³/mol. The normalized spacial score (nSPS) is 10.7. The fourth-order valence-electron chi connectivity index (χ4n) is 1.89. The van der Waals surface area contributed by atoms with Crippen LogP contribution in [-0.4, -0.2) is 36.9 Å². The highest BCUT2D eigenvalue weighted by molar-refractivity contribution is 7.99. The van der Waals surface area contributed by atoms with Crippen LogP contribution >= 0.6 is 23.1 Å². The van der Waals surface area contributed by atoms with E-state index in [-0.39, 0.29) is 11.7 Å². The first-order valence-electron chi connectivity index (χ1n) is 6.82. The van der Waals surface area contributed by atoms with E-state index in [1.165, 1.54) is 16.4 Å². The third-order valence-electron chi connectivity index (χ3n) is 3.00. The lowest BCUT2D eigenvalue weighted by atomic mass is 10.2. The summed E-state index contributed by atoms with van der Waals surface area (Å²) in [4.78, 5) is 17.3. The molecule has 0 fully saturated rings. The monoisotopic (exact) mass is 346 g/mol. The Morgan fingerprint density at radius 3 is 3.09 bits per heavy atom. The van der Waals surface area contributed by atoms with E-state index in [4.69, 9.17) is 0 Å². The van der Waals surface area contributed by atoms with Crippen molar-refractivity contribution in [2.24, 2.45) is 7.05 Å². The maximum atomic E-state index is 11.9. The van der Waals surface area contributed by atoms with Crippen LogP contribution in [0.5, 0.6) is 0 Å². The molecule has 0 bridgehead atoms. The van der Waals surface area contributed by atoms with Gasteiger partial charge in [0.05, 0.1) is 5.75 Å². The number of rotatable bonds is 6. The average Bonchev–Trinajstić information content (AvgIpc) is 3.23. The smallest absolute Gasteiger partial charge is 0.230 e. The van der Waals surface area contributed by atoms with E-state index in [2.05, 4.69) is 31.9 Å². The van der Waals surface area contributed by atoms with Crippen molar-refractivity contribution in [2.75, 3.05) is 5.75 Å². The molecule has 3 aromatic heterocycles. The molecule has 23 heavy (non-hydrogen) atoms. The second kappa shape index (κ2) is 7.34. The summed E-state index contributed by atoms with van der Waals surface area (Å²) in [6.07, 6.45) is 3.59. The second-order valence-corrected chi connectivity index (χ2v) is 6.60. The van der Waals surface area contributed by atoms with Crippen LogP contribution in [0.1, 0.15) is 5.56 Å². The summed E-state index contributed by atoms with van der Waals surface area (Å²) in [6, 6.07) is 6.10. The van der Waals surface area contributed by atoms with Crippen molar-refractivity contribution in [1.82, 2.24) is 30.5 Å². The predicted octanol–water partition coefficient (Wildman–Crippen LogP) is 1.74. The van der Waals surface area contributed by atoms with Crippen LogP contribution in [0.4, 0.5) is 0 Å². The van der Waals surface area contributed by atoms with Gasteiger partial charge >= 0.3 is 0 Å². The zero-order valence-corrected chi connectivity index (χ0v) is 14.0. The molecule has 1 N–H and O–H groups in total. The number of carbonyl (C=O) groups is 1. The number of aromatic nitrogens is 5. The summed E-state index contributed by atoms with van der Waals surface area (Å²) < 4.78 is 1.53. The molecule has 0 radical (unpaired) electrons. The Bertz CT molecular complexity index is 786. The number of pyridine rings is 1. The van der Waals surface area contributed by atoms with Gasteiger partial charge < -0.3 is 5.32 Å². The molecule has 3 rings (SSSR count). The highest BCUT2D eigenvalue weighted by Gasteiger charge is 2.08. The molecule has 0 aliphatic rings. The Hall–Kier alpha value is -2.26. The number of nitrogens with one attached hydrogen (secondary N) is 1. The molecule has 3 aromatic rings. The number of carbonyl (C=O) groups excluding carboxylic acids is 1. The number of hydrogen-bond donors (Lipinski definition) is 1. The summed E-state index contributed by atoms with van der Waals surface area (Å²) in [5.41, 5.74) is 2.03. The topological polar surface area (TPSA) is 85.6 Å². The second-order valence-electron chi connectivity index (χ2n) is 4.71.